The van der Waals surface area contributed by atoms with Gasteiger partial charge in [-0.15, -0.1) is 5.10 Å². The number of nitrogens with one attached hydrogen (secondary N) is 1. The summed E-state index contributed by atoms with van der Waals surface area (Å²) in [6, 6.07) is 17.6. The van der Waals surface area contributed by atoms with Crippen molar-refractivity contribution in [1.82, 2.24) is 20.5 Å². The van der Waals surface area contributed by atoms with Gasteiger partial charge in [-0.05, 0) is 36.2 Å². The van der Waals surface area contributed by atoms with Crippen LogP contribution in [-0.2, 0) is 6.54 Å². The number of benzene rings is 1. The molecule has 0 bridgehead atoms. The maximum absolute atomic E-state index is 12.5. The van der Waals surface area contributed by atoms with E-state index in [1.807, 2.05) is 54.6 Å². The van der Waals surface area contributed by atoms with Crippen LogP contribution < -0.4 is 15.1 Å². The first kappa shape index (κ1) is 18.9. The minimum atomic E-state index is -0.160. The summed E-state index contributed by atoms with van der Waals surface area (Å²) < 4.78 is 0. The number of rotatable bonds is 5. The van der Waals surface area contributed by atoms with Gasteiger partial charge in [-0.3, -0.25) is 9.78 Å². The van der Waals surface area contributed by atoms with E-state index in [1.165, 1.54) is 0 Å². The number of aromatic nitrogens is 3. The number of pyridine rings is 1. The number of nitrogens with zero attached hydrogens (tertiary/aromatic N) is 5. The van der Waals surface area contributed by atoms with Gasteiger partial charge in [0, 0.05) is 50.8 Å². The summed E-state index contributed by atoms with van der Waals surface area (Å²) in [7, 11) is 0. The fraction of sp³-hybridized carbons (Fsp3) is 0.273. The number of anilines is 2. The van der Waals surface area contributed by atoms with Crippen molar-refractivity contribution < 1.29 is 4.79 Å². The van der Waals surface area contributed by atoms with Crippen molar-refractivity contribution in [3.8, 4) is 0 Å². The maximum atomic E-state index is 12.5. The van der Waals surface area contributed by atoms with Gasteiger partial charge in [0.15, 0.2) is 5.82 Å². The molecule has 1 fully saturated rings. The van der Waals surface area contributed by atoms with Gasteiger partial charge >= 0.3 is 0 Å². The highest BCUT2D eigenvalue weighted by Crippen LogP contribution is 2.19. The second kappa shape index (κ2) is 9.14. The number of hydrogen-bond donors (Lipinski definition) is 1. The van der Waals surface area contributed by atoms with Crippen molar-refractivity contribution >= 4 is 17.4 Å². The molecular weight excluding hydrogens is 364 g/mol. The summed E-state index contributed by atoms with van der Waals surface area (Å²) >= 11 is 0. The van der Waals surface area contributed by atoms with Crippen LogP contribution in [0.1, 0.15) is 22.5 Å². The molecular formula is C22H24N6O. The van der Waals surface area contributed by atoms with Crippen molar-refractivity contribution in [2.24, 2.45) is 0 Å². The fourth-order valence-electron chi connectivity index (χ4n) is 3.48. The van der Waals surface area contributed by atoms with Crippen LogP contribution in [0.5, 0.6) is 0 Å². The summed E-state index contributed by atoms with van der Waals surface area (Å²) in [6.07, 6.45) is 4.40. The third-order valence-corrected chi connectivity index (χ3v) is 5.02. The quantitative estimate of drug-likeness (QED) is 0.724. The molecule has 0 radical (unpaired) electrons. The molecule has 7 nitrogen and oxygen atoms in total. The Kier molecular flexibility index (Phi) is 5.95. The highest BCUT2D eigenvalue weighted by molar-refractivity contribution is 5.93. The third kappa shape index (κ3) is 4.87. The van der Waals surface area contributed by atoms with Crippen LogP contribution in [0.2, 0.25) is 0 Å². The maximum Gasteiger partial charge on any atom is 0.270 e. The Balaban J connectivity index is 1.39. The zero-order chi connectivity index (χ0) is 19.9. The first-order chi connectivity index (χ1) is 14.3. The molecule has 148 valence electrons. The number of carbonyl (C=O) groups is 1. The molecule has 29 heavy (non-hydrogen) atoms. The van der Waals surface area contributed by atoms with E-state index in [2.05, 4.69) is 30.3 Å². The molecule has 1 aliphatic rings. The topological polar surface area (TPSA) is 74.2 Å². The van der Waals surface area contributed by atoms with E-state index in [0.717, 1.165) is 49.7 Å². The smallest absolute Gasteiger partial charge is 0.270 e. The van der Waals surface area contributed by atoms with Crippen molar-refractivity contribution in [3.05, 3.63) is 78.2 Å². The zero-order valence-corrected chi connectivity index (χ0v) is 16.2. The van der Waals surface area contributed by atoms with E-state index < -0.39 is 0 Å². The van der Waals surface area contributed by atoms with Gasteiger partial charge < -0.3 is 15.1 Å². The molecule has 2 aromatic heterocycles. The Morgan fingerprint density at radius 2 is 1.76 bits per heavy atom. The molecule has 0 unspecified atom stereocenters. The predicted octanol–water partition coefficient (Wildman–Crippen LogP) is 2.52. The molecule has 1 N–H and O–H groups in total. The first-order valence-electron chi connectivity index (χ1n) is 9.85. The van der Waals surface area contributed by atoms with Crippen molar-refractivity contribution in [2.45, 2.75) is 13.0 Å². The fourth-order valence-corrected chi connectivity index (χ4v) is 3.48. The lowest BCUT2D eigenvalue weighted by atomic mass is 10.2. The van der Waals surface area contributed by atoms with Gasteiger partial charge in [-0.1, -0.05) is 30.3 Å². The van der Waals surface area contributed by atoms with Gasteiger partial charge in [-0.2, -0.15) is 5.10 Å². The van der Waals surface area contributed by atoms with E-state index >= 15 is 0 Å². The standard InChI is InChI=1S/C22H24N6O/c29-22(24-17-18-6-2-1-3-7-18)20-16-19(9-11-23-20)27-12-5-13-28(15-14-27)21-8-4-10-25-26-21/h1-4,6-11,16H,5,12-15,17H2,(H,24,29). The lowest BCUT2D eigenvalue weighted by Crippen LogP contribution is -2.31. The van der Waals surface area contributed by atoms with Gasteiger partial charge in [-0.25, -0.2) is 0 Å². The summed E-state index contributed by atoms with van der Waals surface area (Å²) in [4.78, 5) is 21.4. The molecule has 1 aromatic carbocycles. The Hall–Kier alpha value is -3.48. The number of hydrogen-bond acceptors (Lipinski definition) is 6. The molecule has 1 aliphatic heterocycles. The number of carbonyl (C=O) groups excluding carboxylic acids is 1. The zero-order valence-electron chi connectivity index (χ0n) is 16.2. The van der Waals surface area contributed by atoms with E-state index in [9.17, 15) is 4.79 Å². The first-order valence-corrected chi connectivity index (χ1v) is 9.85. The van der Waals surface area contributed by atoms with Crippen LogP contribution >= 0.6 is 0 Å². The minimum Gasteiger partial charge on any atom is -0.370 e. The van der Waals surface area contributed by atoms with Gasteiger partial charge in [0.25, 0.3) is 5.91 Å². The van der Waals surface area contributed by atoms with Crippen LogP contribution in [0, 0.1) is 0 Å². The molecule has 0 aliphatic carbocycles. The lowest BCUT2D eigenvalue weighted by molar-refractivity contribution is 0.0946. The third-order valence-electron chi connectivity index (χ3n) is 5.02. The monoisotopic (exact) mass is 388 g/mol. The molecule has 3 aromatic rings. The Labute approximate surface area is 170 Å². The van der Waals surface area contributed by atoms with Crippen LogP contribution in [0.3, 0.4) is 0 Å². The normalized spacial score (nSPS) is 14.3. The average Bonchev–Trinajstić information content (AvgIpc) is 3.05. The molecule has 3 heterocycles. The van der Waals surface area contributed by atoms with Crippen LogP contribution in [0.4, 0.5) is 11.5 Å². The lowest BCUT2D eigenvalue weighted by Gasteiger charge is -2.24. The predicted molar refractivity (Wildman–Crippen MR) is 113 cm³/mol. The van der Waals surface area contributed by atoms with Gasteiger partial charge in [0.2, 0.25) is 0 Å². The van der Waals surface area contributed by atoms with Gasteiger partial charge in [0.05, 0.1) is 0 Å². The minimum absolute atomic E-state index is 0.160. The second-order valence-corrected chi connectivity index (χ2v) is 6.98. The van der Waals surface area contributed by atoms with Crippen LogP contribution in [0.15, 0.2) is 67.0 Å². The van der Waals surface area contributed by atoms with E-state index in [0.29, 0.717) is 12.2 Å². The van der Waals surface area contributed by atoms with Crippen LogP contribution in [-0.4, -0.2) is 47.3 Å². The second-order valence-electron chi connectivity index (χ2n) is 6.98. The van der Waals surface area contributed by atoms with Crippen molar-refractivity contribution in [3.63, 3.8) is 0 Å². The summed E-state index contributed by atoms with van der Waals surface area (Å²) in [5.41, 5.74) is 2.52. The van der Waals surface area contributed by atoms with Crippen molar-refractivity contribution in [2.75, 3.05) is 36.0 Å². The SMILES string of the molecule is O=C(NCc1ccccc1)c1cc(N2CCCN(c3cccnn3)CC2)ccn1. The Bertz CT molecular complexity index is 934. The number of amides is 1. The molecule has 0 atom stereocenters. The summed E-state index contributed by atoms with van der Waals surface area (Å²) in [5, 5.41) is 11.1. The Morgan fingerprint density at radius 1 is 0.931 bits per heavy atom. The van der Waals surface area contributed by atoms with Crippen molar-refractivity contribution in [1.29, 1.82) is 0 Å². The molecule has 4 rings (SSSR count). The Morgan fingerprint density at radius 3 is 2.59 bits per heavy atom. The van der Waals surface area contributed by atoms with Crippen LogP contribution in [0.25, 0.3) is 0 Å². The molecule has 7 heteroatoms. The molecule has 0 spiro atoms. The summed E-state index contributed by atoms with van der Waals surface area (Å²) in [6.45, 7) is 4.06. The largest absolute Gasteiger partial charge is 0.370 e. The molecule has 1 saturated heterocycles. The van der Waals surface area contributed by atoms with E-state index in [1.54, 1.807) is 12.4 Å². The average molecular weight is 388 g/mol. The highest BCUT2D eigenvalue weighted by atomic mass is 16.1. The van der Waals surface area contributed by atoms with E-state index in [-0.39, 0.29) is 5.91 Å². The summed E-state index contributed by atoms with van der Waals surface area (Å²) in [5.74, 6) is 0.747. The molecule has 0 saturated carbocycles. The van der Waals surface area contributed by atoms with Gasteiger partial charge in [0.1, 0.15) is 5.69 Å². The highest BCUT2D eigenvalue weighted by Gasteiger charge is 2.18. The van der Waals surface area contributed by atoms with E-state index in [4.69, 9.17) is 0 Å². The molecule has 1 amide bonds.